The van der Waals surface area contributed by atoms with Crippen molar-refractivity contribution >= 4 is 218 Å². The first-order valence-corrected chi connectivity index (χ1v) is 50.6. The zero-order chi connectivity index (χ0) is 98.5. The summed E-state index contributed by atoms with van der Waals surface area (Å²) in [6.07, 6.45) is 21.7. The van der Waals surface area contributed by atoms with E-state index in [1.54, 1.807) is 12.7 Å². The normalized spacial score (nSPS) is 11.9. The van der Waals surface area contributed by atoms with Crippen molar-refractivity contribution in [2.75, 3.05) is 0 Å². The topological polar surface area (TPSA) is 130 Å². The lowest BCUT2D eigenvalue weighted by atomic mass is 9.92. The Morgan fingerprint density at radius 1 is 0.120 bits per heavy atom. The minimum atomic E-state index is 0.934. The molecule has 0 fully saturated rings. The van der Waals surface area contributed by atoms with Gasteiger partial charge >= 0.3 is 0 Å². The van der Waals surface area contributed by atoms with Crippen molar-refractivity contribution in [1.82, 2.24) is 71.4 Å². The van der Waals surface area contributed by atoms with E-state index in [1.807, 2.05) is 62.0 Å². The fraction of sp³-hybridized carbons (Fsp3) is 0. The summed E-state index contributed by atoms with van der Waals surface area (Å²) < 4.78 is 18.8. The molecule has 0 amide bonds. The van der Waals surface area contributed by atoms with Crippen LogP contribution in [0.25, 0.3) is 274 Å². The van der Waals surface area contributed by atoms with Gasteiger partial charge in [0.15, 0.2) is 0 Å². The number of nitrogens with zero attached hydrogens (tertiary/aromatic N) is 15. The van der Waals surface area contributed by atoms with Gasteiger partial charge in [-0.1, -0.05) is 273 Å². The Kier molecular flexibility index (Phi) is 19.6. The van der Waals surface area contributed by atoms with Gasteiger partial charge in [-0.05, 0) is 219 Å². The molecule has 0 radical (unpaired) electrons. The Morgan fingerprint density at radius 3 is 0.707 bits per heavy atom. The summed E-state index contributed by atoms with van der Waals surface area (Å²) in [5.41, 5.74) is 30.0. The van der Waals surface area contributed by atoms with Crippen molar-refractivity contribution < 1.29 is 0 Å². The standard InChI is InChI=1S/C47H29N3.C34H22N2.C28H18N4.C26H16N6/c1-2-14-36-34(12-1)35-13-3-4-15-37(35)41-27-31(20-21-38(36)41)30-10-9-11-33(26-30)50-45-19-8-6-17-40(45)43-28-42-39-16-5-7-18-44(39)49(46(42)29-47(43)50)32-22-24-48-25-23-32;1-2-13-24(14-3-1)35-31-18-8-6-16-26(31)28-21-29-27-17-7-9-19-32(27)36(34(29)22-33(28)35)30-20-10-12-23-11-4-5-15-25(23)30;1-3-7-25-21(5-1)23-17-24-22-6-2-4-8-26(22)32(20-11-15-30-16-12-20)28(24)18-27(23)31(25)19-9-13-29-14-10-19;1-3-7-23-19(5-1)21-9-22-20-6-2-4-8-24(20)32(18-13-29-16-30-14-18)26(22)10-25(21)31(23)17-11-27-15-28-12-17/h1-29H;1-22H;1-18H;1-16H. The molecule has 15 nitrogen and oxygen atoms in total. The predicted octanol–water partition coefficient (Wildman–Crippen LogP) is 33.6. The van der Waals surface area contributed by atoms with Gasteiger partial charge in [-0.3, -0.25) is 15.0 Å². The Morgan fingerprint density at radius 2 is 0.360 bits per heavy atom. The Labute approximate surface area is 857 Å². The number of para-hydroxylation sites is 9. The van der Waals surface area contributed by atoms with Crippen LogP contribution in [0.15, 0.2) is 517 Å². The van der Waals surface area contributed by atoms with Crippen LogP contribution in [0.1, 0.15) is 0 Å². The third-order valence-electron chi connectivity index (χ3n) is 30.4. The lowest BCUT2D eigenvalue weighted by molar-refractivity contribution is 1.07. The minimum Gasteiger partial charge on any atom is -0.309 e. The Hall–Kier alpha value is -20.6. The summed E-state index contributed by atoms with van der Waals surface area (Å²) in [6.45, 7) is 0. The van der Waals surface area contributed by atoms with Crippen molar-refractivity contribution in [2.24, 2.45) is 0 Å². The van der Waals surface area contributed by atoms with Crippen LogP contribution in [0.4, 0.5) is 0 Å². The molecule has 33 aromatic rings. The van der Waals surface area contributed by atoms with Crippen LogP contribution < -0.4 is 0 Å². The van der Waals surface area contributed by atoms with E-state index in [0.29, 0.717) is 0 Å². The third-order valence-corrected chi connectivity index (χ3v) is 30.4. The zero-order valence-corrected chi connectivity index (χ0v) is 80.8. The average Bonchev–Trinajstić information content (AvgIpc) is 1.55. The van der Waals surface area contributed by atoms with Crippen LogP contribution in [0.2, 0.25) is 0 Å². The molecule has 13 heterocycles. The van der Waals surface area contributed by atoms with E-state index in [2.05, 4.69) is 514 Å². The first kappa shape index (κ1) is 85.1. The van der Waals surface area contributed by atoms with Gasteiger partial charge in [-0.25, -0.2) is 19.9 Å². The summed E-state index contributed by atoms with van der Waals surface area (Å²) in [6, 6.07) is 160. The fourth-order valence-corrected chi connectivity index (χ4v) is 24.1. The largest absolute Gasteiger partial charge is 0.309 e. The molecule has 0 N–H and O–H groups in total. The number of pyridine rings is 3. The fourth-order valence-electron chi connectivity index (χ4n) is 24.1. The van der Waals surface area contributed by atoms with Gasteiger partial charge in [-0.2, -0.15) is 0 Å². The highest BCUT2D eigenvalue weighted by molar-refractivity contribution is 6.28. The Bertz CT molecular complexity index is 10700. The molecular weight excluding hydrogens is 1830 g/mol. The van der Waals surface area contributed by atoms with Crippen LogP contribution in [-0.4, -0.2) is 71.4 Å². The molecule has 0 unspecified atom stereocenters. The average molecular weight is 1920 g/mol. The molecule has 0 aliphatic carbocycles. The summed E-state index contributed by atoms with van der Waals surface area (Å²) in [5.74, 6) is 0. The van der Waals surface area contributed by atoms with Gasteiger partial charge in [-0.15, -0.1) is 0 Å². The number of aromatic nitrogens is 15. The van der Waals surface area contributed by atoms with Gasteiger partial charge in [0.1, 0.15) is 12.7 Å². The summed E-state index contributed by atoms with van der Waals surface area (Å²) >= 11 is 0. The first-order chi connectivity index (χ1) is 74.5. The smallest absolute Gasteiger partial charge is 0.115 e. The summed E-state index contributed by atoms with van der Waals surface area (Å²) in [5, 5.41) is 30.2. The predicted molar refractivity (Wildman–Crippen MR) is 621 cm³/mol. The first-order valence-electron chi connectivity index (χ1n) is 50.6. The molecule has 150 heavy (non-hydrogen) atoms. The highest BCUT2D eigenvalue weighted by atomic mass is 15.1. The molecule has 700 valence electrons. The van der Waals surface area contributed by atoms with Crippen LogP contribution in [-0.2, 0) is 0 Å². The molecule has 20 aromatic carbocycles. The Balaban J connectivity index is 0.0000000936. The third kappa shape index (κ3) is 13.4. The van der Waals surface area contributed by atoms with E-state index in [-0.39, 0.29) is 0 Å². The number of hydrogen-bond acceptors (Lipinski definition) is 7. The highest BCUT2D eigenvalue weighted by Crippen LogP contribution is 2.48. The van der Waals surface area contributed by atoms with Crippen LogP contribution >= 0.6 is 0 Å². The second kappa shape index (κ2) is 34.6. The molecular formula is C135H85N15. The van der Waals surface area contributed by atoms with E-state index in [9.17, 15) is 0 Å². The molecule has 0 bridgehead atoms. The summed E-state index contributed by atoms with van der Waals surface area (Å²) in [4.78, 5) is 29.8. The van der Waals surface area contributed by atoms with Crippen molar-refractivity contribution in [3.05, 3.63) is 517 Å². The van der Waals surface area contributed by atoms with E-state index in [1.165, 1.54) is 218 Å². The van der Waals surface area contributed by atoms with Gasteiger partial charge < -0.3 is 36.5 Å². The molecule has 0 aliphatic heterocycles. The van der Waals surface area contributed by atoms with Crippen molar-refractivity contribution in [3.8, 4) is 56.6 Å². The van der Waals surface area contributed by atoms with Gasteiger partial charge in [0.2, 0.25) is 0 Å². The second-order valence-corrected chi connectivity index (χ2v) is 38.4. The number of benzene rings is 20. The molecule has 13 aromatic heterocycles. The second-order valence-electron chi connectivity index (χ2n) is 38.4. The van der Waals surface area contributed by atoms with E-state index in [4.69, 9.17) is 0 Å². The van der Waals surface area contributed by atoms with E-state index >= 15 is 0 Å². The maximum Gasteiger partial charge on any atom is 0.115 e. The van der Waals surface area contributed by atoms with E-state index in [0.717, 1.165) is 56.2 Å². The summed E-state index contributed by atoms with van der Waals surface area (Å²) in [7, 11) is 0. The van der Waals surface area contributed by atoms with Crippen LogP contribution in [0.3, 0.4) is 0 Å². The van der Waals surface area contributed by atoms with Crippen molar-refractivity contribution in [1.29, 1.82) is 0 Å². The van der Waals surface area contributed by atoms with E-state index < -0.39 is 0 Å². The molecule has 0 atom stereocenters. The minimum absolute atomic E-state index is 0.934. The zero-order valence-electron chi connectivity index (χ0n) is 80.8. The lowest BCUT2D eigenvalue weighted by Crippen LogP contribution is -1.97. The number of rotatable bonds is 9. The monoisotopic (exact) mass is 1920 g/mol. The molecule has 15 heteroatoms. The van der Waals surface area contributed by atoms with Crippen LogP contribution in [0, 0.1) is 0 Å². The lowest BCUT2D eigenvalue weighted by Gasteiger charge is -2.13. The number of hydrogen-bond donors (Lipinski definition) is 0. The molecule has 0 saturated heterocycles. The van der Waals surface area contributed by atoms with Gasteiger partial charge in [0.25, 0.3) is 0 Å². The van der Waals surface area contributed by atoms with Gasteiger partial charge in [0, 0.05) is 157 Å². The molecule has 0 spiro atoms. The number of fused-ring (bicyclic) bond motifs is 31. The quantitative estimate of drug-likeness (QED) is 0.132. The molecule has 0 saturated carbocycles. The van der Waals surface area contributed by atoms with Crippen molar-refractivity contribution in [2.45, 2.75) is 0 Å². The van der Waals surface area contributed by atoms with Crippen molar-refractivity contribution in [3.63, 3.8) is 0 Å². The van der Waals surface area contributed by atoms with Crippen LogP contribution in [0.5, 0.6) is 0 Å². The van der Waals surface area contributed by atoms with Gasteiger partial charge in [0.05, 0.1) is 130 Å². The maximum absolute atomic E-state index is 4.31. The molecule has 33 rings (SSSR count). The highest BCUT2D eigenvalue weighted by Gasteiger charge is 2.27. The maximum atomic E-state index is 4.31. The SMILES string of the molecule is c1cc(-c2ccc3c4ccccc4c4ccccc4c3c2)cc(-n2c3ccccc3c3cc4c5ccccc5n(-c5ccncc5)c4cc32)c1.c1ccc(-n2c3ccccc3c3cc4c5ccccc5n(-c5cccc6ccccc56)c4cc32)cc1.c1ccc2c(c1)c1cc3c4ccccc4n(-c4ccncc4)c3cc1n2-c1ccncc1.c1ccc2c(c1)c1cc3c4ccccc4n(-c4cncnc4)c3cc1n2-c1cncnc1. The molecule has 0 aliphatic rings.